The molecule has 1 aliphatic heterocycles. The van der Waals surface area contributed by atoms with Crippen molar-refractivity contribution >= 4 is 17.2 Å². The maximum absolute atomic E-state index is 12.1. The molecule has 1 amide bonds. The van der Waals surface area contributed by atoms with Crippen LogP contribution < -0.4 is 5.32 Å². The van der Waals surface area contributed by atoms with Crippen LogP contribution in [0.25, 0.3) is 0 Å². The molecular formula is C17H20N6OS. The number of amides is 1. The van der Waals surface area contributed by atoms with Gasteiger partial charge in [0.2, 0.25) is 0 Å². The third kappa shape index (κ3) is 3.64. The zero-order chi connectivity index (χ0) is 17.2. The lowest BCUT2D eigenvalue weighted by Crippen LogP contribution is -2.32. The van der Waals surface area contributed by atoms with Gasteiger partial charge in [0.25, 0.3) is 5.91 Å². The first-order chi connectivity index (χ1) is 12.2. The number of imidazole rings is 1. The summed E-state index contributed by atoms with van der Waals surface area (Å²) in [6, 6.07) is 4.26. The Labute approximate surface area is 149 Å². The number of aryl methyl sites for hydroxylation is 1. The fourth-order valence-corrected chi connectivity index (χ4v) is 3.76. The van der Waals surface area contributed by atoms with Crippen LogP contribution in [0.1, 0.15) is 26.8 Å². The molecule has 0 atom stereocenters. The summed E-state index contributed by atoms with van der Waals surface area (Å²) in [6.07, 6.45) is 5.31. The van der Waals surface area contributed by atoms with E-state index in [9.17, 15) is 4.79 Å². The largest absolute Gasteiger partial charge is 0.346 e. The van der Waals surface area contributed by atoms with E-state index in [-0.39, 0.29) is 5.91 Å². The maximum Gasteiger partial charge on any atom is 0.254 e. The van der Waals surface area contributed by atoms with Crippen LogP contribution in [0.4, 0.5) is 0 Å². The molecule has 0 fully saturated rings. The van der Waals surface area contributed by atoms with Crippen molar-refractivity contribution in [3.63, 3.8) is 0 Å². The number of carbonyl (C=O) groups is 1. The molecule has 0 aromatic carbocycles. The van der Waals surface area contributed by atoms with Gasteiger partial charge in [0, 0.05) is 44.0 Å². The molecule has 0 saturated carbocycles. The van der Waals surface area contributed by atoms with Crippen molar-refractivity contribution in [2.45, 2.75) is 26.2 Å². The molecule has 0 aliphatic carbocycles. The molecule has 1 N–H and O–H groups in total. The van der Waals surface area contributed by atoms with E-state index in [4.69, 9.17) is 4.98 Å². The summed E-state index contributed by atoms with van der Waals surface area (Å²) in [6.45, 7) is 4.19. The second kappa shape index (κ2) is 6.81. The Hall–Kier alpha value is -2.45. The number of hydrogen-bond acceptors (Lipinski definition) is 5. The van der Waals surface area contributed by atoms with Gasteiger partial charge in [0.15, 0.2) is 0 Å². The SMILES string of the molecule is Cn1cc(C(=O)NCc2cn3c(n2)CN(Cc2cccs2)CC3)cn1. The number of rotatable bonds is 5. The fourth-order valence-electron chi connectivity index (χ4n) is 3.02. The highest BCUT2D eigenvalue weighted by Gasteiger charge is 2.19. The monoisotopic (exact) mass is 356 g/mol. The van der Waals surface area contributed by atoms with Crippen molar-refractivity contribution < 1.29 is 4.79 Å². The lowest BCUT2D eigenvalue weighted by molar-refractivity contribution is 0.0950. The van der Waals surface area contributed by atoms with E-state index in [0.29, 0.717) is 12.1 Å². The summed E-state index contributed by atoms with van der Waals surface area (Å²) in [5, 5.41) is 9.04. The van der Waals surface area contributed by atoms with E-state index in [0.717, 1.165) is 37.7 Å². The summed E-state index contributed by atoms with van der Waals surface area (Å²) >= 11 is 1.79. The van der Waals surface area contributed by atoms with Gasteiger partial charge in [-0.1, -0.05) is 6.07 Å². The van der Waals surface area contributed by atoms with E-state index in [2.05, 4.69) is 37.4 Å². The highest BCUT2D eigenvalue weighted by molar-refractivity contribution is 7.09. The van der Waals surface area contributed by atoms with Crippen molar-refractivity contribution in [3.8, 4) is 0 Å². The molecule has 3 aromatic rings. The zero-order valence-electron chi connectivity index (χ0n) is 14.1. The van der Waals surface area contributed by atoms with E-state index >= 15 is 0 Å². The maximum atomic E-state index is 12.1. The van der Waals surface area contributed by atoms with Gasteiger partial charge in [-0.15, -0.1) is 11.3 Å². The smallest absolute Gasteiger partial charge is 0.254 e. The van der Waals surface area contributed by atoms with Crippen LogP contribution in [0.5, 0.6) is 0 Å². The third-order valence-electron chi connectivity index (χ3n) is 4.29. The Morgan fingerprint density at radius 1 is 1.36 bits per heavy atom. The number of fused-ring (bicyclic) bond motifs is 1. The van der Waals surface area contributed by atoms with Crippen LogP contribution in [0.15, 0.2) is 36.1 Å². The normalized spacial score (nSPS) is 14.4. The molecule has 4 heterocycles. The van der Waals surface area contributed by atoms with Gasteiger partial charge in [-0.25, -0.2) is 4.98 Å². The molecule has 7 nitrogen and oxygen atoms in total. The predicted octanol–water partition coefficient (Wildman–Crippen LogP) is 1.62. The van der Waals surface area contributed by atoms with Gasteiger partial charge >= 0.3 is 0 Å². The van der Waals surface area contributed by atoms with Crippen LogP contribution in [0.3, 0.4) is 0 Å². The van der Waals surface area contributed by atoms with Crippen LogP contribution in [0, 0.1) is 0 Å². The van der Waals surface area contributed by atoms with Crippen molar-refractivity contribution in [2.75, 3.05) is 6.54 Å². The minimum Gasteiger partial charge on any atom is -0.346 e. The number of carbonyl (C=O) groups excluding carboxylic acids is 1. The van der Waals surface area contributed by atoms with Gasteiger partial charge < -0.3 is 9.88 Å². The van der Waals surface area contributed by atoms with Gasteiger partial charge in [-0.3, -0.25) is 14.4 Å². The highest BCUT2D eigenvalue weighted by Crippen LogP contribution is 2.18. The first-order valence-electron chi connectivity index (χ1n) is 8.24. The fraction of sp³-hybridized carbons (Fsp3) is 0.353. The second-order valence-corrected chi connectivity index (χ2v) is 7.25. The molecule has 3 aromatic heterocycles. The number of nitrogens with one attached hydrogen (secondary N) is 1. The average Bonchev–Trinajstić information content (AvgIpc) is 3.33. The number of nitrogens with zero attached hydrogens (tertiary/aromatic N) is 5. The second-order valence-electron chi connectivity index (χ2n) is 6.22. The summed E-state index contributed by atoms with van der Waals surface area (Å²) in [5.41, 5.74) is 1.46. The van der Waals surface area contributed by atoms with Crippen molar-refractivity contribution in [1.29, 1.82) is 0 Å². The van der Waals surface area contributed by atoms with Crippen LogP contribution in [-0.4, -0.2) is 36.7 Å². The zero-order valence-corrected chi connectivity index (χ0v) is 14.9. The van der Waals surface area contributed by atoms with Crippen LogP contribution >= 0.6 is 11.3 Å². The van der Waals surface area contributed by atoms with E-state index in [1.54, 1.807) is 35.5 Å². The van der Waals surface area contributed by atoms with Gasteiger partial charge in [-0.05, 0) is 11.4 Å². The van der Waals surface area contributed by atoms with E-state index in [1.165, 1.54) is 4.88 Å². The molecule has 0 bridgehead atoms. The van der Waals surface area contributed by atoms with Crippen molar-refractivity contribution in [1.82, 2.24) is 29.5 Å². The molecule has 4 rings (SSSR count). The standard InChI is InChI=1S/C17H20N6OS/c1-21-9-13(7-19-21)17(24)18-8-14-10-23-5-4-22(12-16(23)20-14)11-15-3-2-6-25-15/h2-3,6-7,9-10H,4-5,8,11-12H2,1H3,(H,18,24). The minimum atomic E-state index is -0.126. The molecule has 0 spiro atoms. The summed E-state index contributed by atoms with van der Waals surface area (Å²) in [7, 11) is 1.79. The lowest BCUT2D eigenvalue weighted by atomic mass is 10.3. The number of hydrogen-bond donors (Lipinski definition) is 1. The topological polar surface area (TPSA) is 68.0 Å². The third-order valence-corrected chi connectivity index (χ3v) is 5.15. The Morgan fingerprint density at radius 2 is 2.28 bits per heavy atom. The Kier molecular flexibility index (Phi) is 4.37. The Morgan fingerprint density at radius 3 is 3.04 bits per heavy atom. The van der Waals surface area contributed by atoms with Crippen LogP contribution in [-0.2, 0) is 33.2 Å². The molecule has 0 radical (unpaired) electrons. The Bertz CT molecular complexity index is 866. The summed E-state index contributed by atoms with van der Waals surface area (Å²) in [4.78, 5) is 20.6. The first-order valence-corrected chi connectivity index (χ1v) is 9.12. The minimum absolute atomic E-state index is 0.126. The molecular weight excluding hydrogens is 336 g/mol. The van der Waals surface area contributed by atoms with Gasteiger partial charge in [0.1, 0.15) is 5.82 Å². The van der Waals surface area contributed by atoms with Crippen LogP contribution in [0.2, 0.25) is 0 Å². The average molecular weight is 356 g/mol. The molecule has 1 aliphatic rings. The lowest BCUT2D eigenvalue weighted by Gasteiger charge is -2.26. The first kappa shape index (κ1) is 16.0. The molecule has 25 heavy (non-hydrogen) atoms. The summed E-state index contributed by atoms with van der Waals surface area (Å²) in [5.74, 6) is 0.937. The number of aromatic nitrogens is 4. The van der Waals surface area contributed by atoms with E-state index in [1.807, 2.05) is 6.20 Å². The number of thiophene rings is 1. The quantitative estimate of drug-likeness (QED) is 0.754. The molecule has 8 heteroatoms. The Balaban J connectivity index is 1.36. The summed E-state index contributed by atoms with van der Waals surface area (Å²) < 4.78 is 3.81. The molecule has 130 valence electrons. The predicted molar refractivity (Wildman–Crippen MR) is 95.0 cm³/mol. The van der Waals surface area contributed by atoms with Gasteiger partial charge in [-0.2, -0.15) is 5.10 Å². The van der Waals surface area contributed by atoms with Gasteiger partial charge in [0.05, 0.1) is 30.5 Å². The van der Waals surface area contributed by atoms with Crippen molar-refractivity contribution in [2.24, 2.45) is 7.05 Å². The van der Waals surface area contributed by atoms with E-state index < -0.39 is 0 Å². The van der Waals surface area contributed by atoms with Crippen molar-refractivity contribution in [3.05, 3.63) is 58.1 Å². The highest BCUT2D eigenvalue weighted by atomic mass is 32.1. The molecule has 0 unspecified atom stereocenters. The molecule has 0 saturated heterocycles.